The van der Waals surface area contributed by atoms with Gasteiger partial charge in [0.05, 0.1) is 6.61 Å². The molecule has 1 fully saturated rings. The van der Waals surface area contributed by atoms with Crippen molar-refractivity contribution in [1.29, 1.82) is 0 Å². The third-order valence-corrected chi connectivity index (χ3v) is 3.25. The van der Waals surface area contributed by atoms with Crippen LogP contribution in [-0.4, -0.2) is 16.6 Å². The van der Waals surface area contributed by atoms with Crippen molar-refractivity contribution >= 4 is 0 Å². The van der Waals surface area contributed by atoms with Crippen LogP contribution in [0.1, 0.15) is 36.9 Å². The van der Waals surface area contributed by atoms with E-state index in [4.69, 9.17) is 9.47 Å². The third-order valence-electron chi connectivity index (χ3n) is 3.25. The van der Waals surface area contributed by atoms with Gasteiger partial charge in [-0.05, 0) is 38.0 Å². The van der Waals surface area contributed by atoms with Gasteiger partial charge in [0, 0.05) is 29.6 Å². The molecule has 0 unspecified atom stereocenters. The Bertz CT molecular complexity index is 565. The van der Waals surface area contributed by atoms with Crippen LogP contribution in [0.3, 0.4) is 0 Å². The summed E-state index contributed by atoms with van der Waals surface area (Å²) in [6.07, 6.45) is 6.13. The van der Waals surface area contributed by atoms with Gasteiger partial charge in [-0.25, -0.2) is 4.98 Å². The Morgan fingerprint density at radius 3 is 2.75 bits per heavy atom. The predicted octanol–water partition coefficient (Wildman–Crippen LogP) is 3.33. The summed E-state index contributed by atoms with van der Waals surface area (Å²) in [6, 6.07) is 7.87. The molecule has 0 atom stereocenters. The first-order chi connectivity index (χ1) is 9.86. The highest BCUT2D eigenvalue weighted by molar-refractivity contribution is 5.32. The van der Waals surface area contributed by atoms with E-state index >= 15 is 0 Å². The highest BCUT2D eigenvalue weighted by Crippen LogP contribution is 2.38. The normalized spacial score (nSPS) is 14.1. The van der Waals surface area contributed by atoms with Crippen molar-refractivity contribution < 1.29 is 9.47 Å². The van der Waals surface area contributed by atoms with Crippen LogP contribution in [0.5, 0.6) is 11.6 Å². The summed E-state index contributed by atoms with van der Waals surface area (Å²) in [7, 11) is 0. The summed E-state index contributed by atoms with van der Waals surface area (Å²) >= 11 is 0. The molecule has 0 spiro atoms. The van der Waals surface area contributed by atoms with E-state index in [9.17, 15) is 0 Å². The molecular formula is C16H18N2O2. The lowest BCUT2D eigenvalue weighted by atomic mass is 10.2. The Labute approximate surface area is 118 Å². The topological polar surface area (TPSA) is 44.2 Å². The molecular weight excluding hydrogens is 252 g/mol. The van der Waals surface area contributed by atoms with Gasteiger partial charge in [0.1, 0.15) is 6.61 Å². The van der Waals surface area contributed by atoms with Gasteiger partial charge in [-0.2, -0.15) is 0 Å². The maximum Gasteiger partial charge on any atom is 0.257 e. The van der Waals surface area contributed by atoms with Gasteiger partial charge in [0.2, 0.25) is 0 Å². The van der Waals surface area contributed by atoms with Crippen LogP contribution in [0.15, 0.2) is 36.7 Å². The number of rotatable bonds is 6. The van der Waals surface area contributed by atoms with E-state index in [2.05, 4.69) is 22.1 Å². The van der Waals surface area contributed by atoms with Gasteiger partial charge in [0.15, 0.2) is 5.75 Å². The molecule has 0 saturated heterocycles. The van der Waals surface area contributed by atoms with Crippen LogP contribution in [0.4, 0.5) is 0 Å². The molecule has 1 saturated carbocycles. The zero-order valence-corrected chi connectivity index (χ0v) is 11.6. The van der Waals surface area contributed by atoms with Crippen molar-refractivity contribution in [2.24, 2.45) is 0 Å². The summed E-state index contributed by atoms with van der Waals surface area (Å²) in [4.78, 5) is 8.68. The second-order valence-corrected chi connectivity index (χ2v) is 4.89. The minimum Gasteiger partial charge on any atom is -0.488 e. The summed E-state index contributed by atoms with van der Waals surface area (Å²) in [6.45, 7) is 2.99. The molecule has 1 aliphatic carbocycles. The summed E-state index contributed by atoms with van der Waals surface area (Å²) in [5.74, 6) is 1.89. The number of ether oxygens (including phenoxy) is 2. The Kier molecular flexibility index (Phi) is 3.81. The van der Waals surface area contributed by atoms with Crippen molar-refractivity contribution in [2.75, 3.05) is 6.61 Å². The first-order valence-corrected chi connectivity index (χ1v) is 7.02. The quantitative estimate of drug-likeness (QED) is 0.807. The molecule has 2 heterocycles. The average molecular weight is 270 g/mol. The summed E-state index contributed by atoms with van der Waals surface area (Å²) in [5.41, 5.74) is 2.24. The van der Waals surface area contributed by atoms with Crippen LogP contribution in [0.25, 0.3) is 0 Å². The zero-order chi connectivity index (χ0) is 13.8. The number of aromatic nitrogens is 2. The molecule has 0 bridgehead atoms. The van der Waals surface area contributed by atoms with Crippen LogP contribution in [-0.2, 0) is 6.61 Å². The maximum absolute atomic E-state index is 5.72. The minimum atomic E-state index is 0.453. The minimum absolute atomic E-state index is 0.453. The van der Waals surface area contributed by atoms with Crippen molar-refractivity contribution in [3.63, 3.8) is 0 Å². The Balaban J connectivity index is 1.63. The molecule has 0 N–H and O–H groups in total. The van der Waals surface area contributed by atoms with Crippen molar-refractivity contribution in [3.8, 4) is 11.6 Å². The van der Waals surface area contributed by atoms with Crippen LogP contribution in [0, 0.1) is 0 Å². The number of pyridine rings is 2. The van der Waals surface area contributed by atoms with Gasteiger partial charge in [-0.15, -0.1) is 0 Å². The average Bonchev–Trinajstić information content (AvgIpc) is 3.32. The van der Waals surface area contributed by atoms with Crippen LogP contribution < -0.4 is 9.47 Å². The summed E-state index contributed by atoms with van der Waals surface area (Å²) in [5, 5.41) is 0. The molecule has 4 nitrogen and oxygen atoms in total. The monoisotopic (exact) mass is 270 g/mol. The fourth-order valence-electron chi connectivity index (χ4n) is 2.04. The third kappa shape index (κ3) is 3.07. The van der Waals surface area contributed by atoms with E-state index < -0.39 is 0 Å². The lowest BCUT2D eigenvalue weighted by molar-refractivity contribution is 0.258. The van der Waals surface area contributed by atoms with Crippen molar-refractivity contribution in [1.82, 2.24) is 9.97 Å². The number of hydrogen-bond acceptors (Lipinski definition) is 4. The van der Waals surface area contributed by atoms with E-state index in [1.807, 2.05) is 25.3 Å². The fraction of sp³-hybridized carbons (Fsp3) is 0.375. The second kappa shape index (κ2) is 5.90. The Hall–Kier alpha value is -2.10. The SMILES string of the molecule is CCOc1cccnc1OCc1ccc(C2CC2)nc1. The highest BCUT2D eigenvalue weighted by atomic mass is 16.5. The van der Waals surface area contributed by atoms with E-state index in [1.54, 1.807) is 6.20 Å². The molecule has 20 heavy (non-hydrogen) atoms. The second-order valence-electron chi connectivity index (χ2n) is 4.89. The first kappa shape index (κ1) is 12.9. The highest BCUT2D eigenvalue weighted by Gasteiger charge is 2.24. The smallest absolute Gasteiger partial charge is 0.257 e. The van der Waals surface area contributed by atoms with Crippen LogP contribution >= 0.6 is 0 Å². The molecule has 4 heteroatoms. The van der Waals surface area contributed by atoms with Crippen molar-refractivity contribution in [3.05, 3.63) is 47.9 Å². The molecule has 2 aromatic rings. The van der Waals surface area contributed by atoms with E-state index in [0.717, 1.165) is 5.56 Å². The molecule has 0 amide bonds. The standard InChI is InChI=1S/C16H18N2O2/c1-2-19-15-4-3-9-17-16(15)20-11-12-5-8-14(18-10-12)13-6-7-13/h3-5,8-10,13H,2,6-7,11H2,1H3. The van der Waals surface area contributed by atoms with Gasteiger partial charge in [0.25, 0.3) is 5.88 Å². The lowest BCUT2D eigenvalue weighted by Crippen LogP contribution is -2.01. The van der Waals surface area contributed by atoms with E-state index in [1.165, 1.54) is 18.5 Å². The maximum atomic E-state index is 5.72. The van der Waals surface area contributed by atoms with Crippen LogP contribution in [0.2, 0.25) is 0 Å². The molecule has 104 valence electrons. The predicted molar refractivity (Wildman–Crippen MR) is 76.0 cm³/mol. The van der Waals surface area contributed by atoms with Crippen molar-refractivity contribution in [2.45, 2.75) is 32.3 Å². The molecule has 1 aliphatic rings. The molecule has 0 aliphatic heterocycles. The van der Waals surface area contributed by atoms with Gasteiger partial charge < -0.3 is 9.47 Å². The molecule has 2 aromatic heterocycles. The lowest BCUT2D eigenvalue weighted by Gasteiger charge is -2.10. The Morgan fingerprint density at radius 1 is 1.15 bits per heavy atom. The van der Waals surface area contributed by atoms with E-state index in [0.29, 0.717) is 30.8 Å². The Morgan fingerprint density at radius 2 is 2.05 bits per heavy atom. The van der Waals surface area contributed by atoms with Gasteiger partial charge >= 0.3 is 0 Å². The van der Waals surface area contributed by atoms with Gasteiger partial charge in [-0.1, -0.05) is 6.07 Å². The number of hydrogen-bond donors (Lipinski definition) is 0. The zero-order valence-electron chi connectivity index (χ0n) is 11.6. The van der Waals surface area contributed by atoms with E-state index in [-0.39, 0.29) is 0 Å². The largest absolute Gasteiger partial charge is 0.488 e. The summed E-state index contributed by atoms with van der Waals surface area (Å²) < 4.78 is 11.2. The first-order valence-electron chi connectivity index (χ1n) is 7.02. The molecule has 3 rings (SSSR count). The molecule has 0 aromatic carbocycles. The molecule has 0 radical (unpaired) electrons. The number of nitrogens with zero attached hydrogens (tertiary/aromatic N) is 2. The fourth-order valence-corrected chi connectivity index (χ4v) is 2.04. The van der Waals surface area contributed by atoms with Gasteiger partial charge in [-0.3, -0.25) is 4.98 Å².